The fourth-order valence-electron chi connectivity index (χ4n) is 6.69. The molecule has 6 rings (SSSR count). The van der Waals surface area contributed by atoms with Crippen LogP contribution in [0.15, 0.2) is 120 Å². The van der Waals surface area contributed by atoms with Gasteiger partial charge >= 0.3 is 0 Å². The summed E-state index contributed by atoms with van der Waals surface area (Å²) in [7, 11) is -6.08. The van der Waals surface area contributed by atoms with E-state index >= 15 is 0 Å². The topological polar surface area (TPSA) is 122 Å². The molecule has 2 heterocycles. The molecule has 1 aliphatic rings. The minimum Gasteiger partial charge on any atom is -0.494 e. The van der Waals surface area contributed by atoms with E-state index in [4.69, 9.17) is 4.74 Å². The molecule has 0 radical (unpaired) electrons. The first-order valence-electron chi connectivity index (χ1n) is 18.6. The number of hydrogen-bond donors (Lipinski definition) is 1. The highest BCUT2D eigenvalue weighted by Gasteiger charge is 2.27. The van der Waals surface area contributed by atoms with E-state index in [1.54, 1.807) is 36.8 Å². The number of hydrogen-bond acceptors (Lipinski definition) is 7. The molecule has 1 aromatic heterocycles. The Morgan fingerprint density at radius 3 is 2.40 bits per heavy atom. The number of unbranched alkanes of at least 4 members (excludes halogenated alkanes) is 1. The fraction of sp³-hybridized carbons (Fsp3) is 0.302. The summed E-state index contributed by atoms with van der Waals surface area (Å²) in [5, 5.41) is 0. The minimum absolute atomic E-state index is 0.195. The number of para-hydroxylation sites is 1. The number of anilines is 2. The van der Waals surface area contributed by atoms with Crippen LogP contribution in [0.1, 0.15) is 57.7 Å². The van der Waals surface area contributed by atoms with E-state index in [0.29, 0.717) is 42.4 Å². The highest BCUT2D eigenvalue weighted by molar-refractivity contribution is 7.85. The van der Waals surface area contributed by atoms with Gasteiger partial charge in [-0.2, -0.15) is 8.42 Å². The lowest BCUT2D eigenvalue weighted by molar-refractivity contribution is -0.115. The molecule has 1 N–H and O–H groups in total. The van der Waals surface area contributed by atoms with Gasteiger partial charge in [-0.1, -0.05) is 63.6 Å². The van der Waals surface area contributed by atoms with Crippen molar-refractivity contribution in [1.29, 1.82) is 0 Å². The zero-order valence-corrected chi connectivity index (χ0v) is 33.1. The zero-order chi connectivity index (χ0) is 39.0. The van der Waals surface area contributed by atoms with Gasteiger partial charge in [-0.25, -0.2) is 4.98 Å². The number of benzene rings is 4. The van der Waals surface area contributed by atoms with Crippen LogP contribution in [0.5, 0.6) is 5.75 Å². The lowest BCUT2D eigenvalue weighted by Gasteiger charge is -2.31. The number of imidazole rings is 1. The van der Waals surface area contributed by atoms with E-state index in [-0.39, 0.29) is 11.4 Å². The number of aromatic nitrogens is 2. The highest BCUT2D eigenvalue weighted by Crippen LogP contribution is 2.34. The minimum atomic E-state index is -4.61. The Morgan fingerprint density at radius 1 is 0.982 bits per heavy atom. The standard InChI is InChI=1S/C43H48N4O6S2/c1-4-5-24-53-40-18-13-33(14-19-40)34-15-22-42-36(25-34)26-35(10-9-23-45(42)28-32(2)3)43(48)47(31-55(50,51)52)38-16-20-41(21-17-38)54(49)29-39-27-44-30-46(39)37-11-7-6-8-12-37/h6-8,11-22,25-27,30,32H,4-5,9-10,23-24,28-29,31H2,1-3H3,(H,50,51,52). The Balaban J connectivity index is 1.29. The molecule has 0 aliphatic carbocycles. The van der Waals surface area contributed by atoms with E-state index < -0.39 is 32.7 Å². The van der Waals surface area contributed by atoms with Crippen molar-refractivity contribution < 1.29 is 26.7 Å². The monoisotopic (exact) mass is 780 g/mol. The number of carbonyl (C=O) groups excluding carboxylic acids is 1. The first kappa shape index (κ1) is 39.6. The van der Waals surface area contributed by atoms with E-state index in [2.05, 4.69) is 48.9 Å². The molecule has 288 valence electrons. The average Bonchev–Trinajstić information content (AvgIpc) is 3.63. The number of nitrogens with zero attached hydrogens (tertiary/aromatic N) is 4. The molecule has 0 saturated heterocycles. The van der Waals surface area contributed by atoms with Gasteiger partial charge in [-0.15, -0.1) is 0 Å². The first-order valence-corrected chi connectivity index (χ1v) is 21.6. The summed E-state index contributed by atoms with van der Waals surface area (Å²) >= 11 is 0. The van der Waals surface area contributed by atoms with Crippen molar-refractivity contribution in [3.05, 3.63) is 126 Å². The Labute approximate surface area is 326 Å². The van der Waals surface area contributed by atoms with E-state index in [1.165, 1.54) is 0 Å². The number of fused-ring (bicyclic) bond motifs is 1. The van der Waals surface area contributed by atoms with Crippen LogP contribution >= 0.6 is 0 Å². The van der Waals surface area contributed by atoms with Gasteiger partial charge in [0.05, 0.1) is 35.2 Å². The maximum Gasteiger partial charge on any atom is 0.283 e. The molecule has 1 atom stereocenters. The first-order chi connectivity index (χ1) is 26.5. The van der Waals surface area contributed by atoms with Gasteiger partial charge in [0.2, 0.25) is 0 Å². The third-order valence-corrected chi connectivity index (χ3v) is 11.3. The smallest absolute Gasteiger partial charge is 0.283 e. The van der Waals surface area contributed by atoms with Gasteiger partial charge in [0.1, 0.15) is 5.75 Å². The molecule has 1 aliphatic heterocycles. The highest BCUT2D eigenvalue weighted by atomic mass is 32.2. The summed E-state index contributed by atoms with van der Waals surface area (Å²) in [6.45, 7) is 8.70. The van der Waals surface area contributed by atoms with Crippen molar-refractivity contribution in [2.75, 3.05) is 35.4 Å². The van der Waals surface area contributed by atoms with Crippen LogP contribution in [-0.2, 0) is 31.5 Å². The average molecular weight is 781 g/mol. The van der Waals surface area contributed by atoms with Gasteiger partial charge in [-0.3, -0.25) is 18.5 Å². The van der Waals surface area contributed by atoms with Gasteiger partial charge in [0.15, 0.2) is 5.88 Å². The SMILES string of the molecule is CCCCOc1ccc(-c2ccc3c(c2)C=C(C(=O)N(CS(=O)(=O)O)c2ccc(S(=O)Cc4cncn4-c4ccccc4)cc2)CCCN3CC(C)C)cc1. The number of amides is 1. The summed E-state index contributed by atoms with van der Waals surface area (Å²) in [5.41, 5.74) is 6.15. The predicted molar refractivity (Wildman–Crippen MR) is 221 cm³/mol. The molecule has 5 aromatic rings. The van der Waals surface area contributed by atoms with Gasteiger partial charge in [0, 0.05) is 46.8 Å². The second-order valence-corrected chi connectivity index (χ2v) is 17.0. The molecule has 0 bridgehead atoms. The van der Waals surface area contributed by atoms with E-state index in [0.717, 1.165) is 63.8 Å². The summed E-state index contributed by atoms with van der Waals surface area (Å²) in [4.78, 5) is 22.6. The summed E-state index contributed by atoms with van der Waals surface area (Å²) < 4.78 is 55.9. The maximum atomic E-state index is 14.4. The lowest BCUT2D eigenvalue weighted by atomic mass is 9.96. The summed E-state index contributed by atoms with van der Waals surface area (Å²) in [6.07, 6.45) is 8.33. The summed E-state index contributed by atoms with van der Waals surface area (Å²) in [5.74, 6) is -0.0404. The molecule has 1 unspecified atom stereocenters. The third kappa shape index (κ3) is 10.4. The van der Waals surface area contributed by atoms with E-state index in [1.807, 2.05) is 65.2 Å². The molecule has 0 saturated carbocycles. The van der Waals surface area contributed by atoms with Crippen LogP contribution in [0.4, 0.5) is 11.4 Å². The van der Waals surface area contributed by atoms with Crippen molar-refractivity contribution >= 4 is 44.3 Å². The van der Waals surface area contributed by atoms with Crippen LogP contribution in [0.2, 0.25) is 0 Å². The van der Waals surface area contributed by atoms with Crippen molar-refractivity contribution in [2.24, 2.45) is 5.92 Å². The molecular formula is C43H48N4O6S2. The van der Waals surface area contributed by atoms with Crippen LogP contribution < -0.4 is 14.5 Å². The largest absolute Gasteiger partial charge is 0.494 e. The lowest BCUT2D eigenvalue weighted by Crippen LogP contribution is -2.37. The van der Waals surface area contributed by atoms with Gasteiger partial charge in [-0.05, 0) is 109 Å². The Bertz CT molecular complexity index is 2240. The summed E-state index contributed by atoms with van der Waals surface area (Å²) in [6, 6.07) is 30.2. The fourth-order valence-corrected chi connectivity index (χ4v) is 8.37. The number of ether oxygens (including phenoxy) is 1. The normalized spacial score (nSPS) is 13.8. The molecular weight excluding hydrogens is 733 g/mol. The molecule has 0 fully saturated rings. The maximum absolute atomic E-state index is 14.4. The van der Waals surface area contributed by atoms with E-state index in [9.17, 15) is 22.0 Å². The molecule has 55 heavy (non-hydrogen) atoms. The molecule has 4 aromatic carbocycles. The van der Waals surface area contributed by atoms with Crippen molar-refractivity contribution in [3.8, 4) is 22.6 Å². The Hall–Kier alpha value is -5.04. The predicted octanol–water partition coefficient (Wildman–Crippen LogP) is 8.54. The van der Waals surface area contributed by atoms with Crippen molar-refractivity contribution in [1.82, 2.24) is 9.55 Å². The second kappa shape index (κ2) is 18.1. The molecule has 10 nitrogen and oxygen atoms in total. The Kier molecular flexibility index (Phi) is 13.0. The molecule has 0 spiro atoms. The van der Waals surface area contributed by atoms with Gasteiger partial charge in [0.25, 0.3) is 16.0 Å². The van der Waals surface area contributed by atoms with Crippen LogP contribution in [-0.4, -0.2) is 58.2 Å². The van der Waals surface area contributed by atoms with Gasteiger partial charge < -0.3 is 14.2 Å². The van der Waals surface area contributed by atoms with Crippen LogP contribution in [0.25, 0.3) is 22.9 Å². The third-order valence-electron chi connectivity index (χ3n) is 9.36. The van der Waals surface area contributed by atoms with Crippen molar-refractivity contribution in [2.45, 2.75) is 57.1 Å². The van der Waals surface area contributed by atoms with Crippen LogP contribution in [0.3, 0.4) is 0 Å². The zero-order valence-electron chi connectivity index (χ0n) is 31.5. The second-order valence-electron chi connectivity index (χ2n) is 14.1. The Morgan fingerprint density at radius 2 is 1.71 bits per heavy atom. The number of rotatable bonds is 15. The van der Waals surface area contributed by atoms with Crippen LogP contribution in [0, 0.1) is 5.92 Å². The van der Waals surface area contributed by atoms with Crippen molar-refractivity contribution in [3.63, 3.8) is 0 Å². The number of carbonyl (C=O) groups is 1. The molecule has 12 heteroatoms. The molecule has 1 amide bonds. The quantitative estimate of drug-likeness (QED) is 0.0829.